The van der Waals surface area contributed by atoms with Crippen LogP contribution in [0.3, 0.4) is 0 Å². The van der Waals surface area contributed by atoms with Crippen molar-refractivity contribution in [3.63, 3.8) is 0 Å². The van der Waals surface area contributed by atoms with E-state index in [1.54, 1.807) is 13.0 Å². The Morgan fingerprint density at radius 1 is 1.00 bits per heavy atom. The van der Waals surface area contributed by atoms with Crippen LogP contribution in [0, 0.1) is 18.6 Å². The van der Waals surface area contributed by atoms with E-state index in [0.29, 0.717) is 16.9 Å². The molecule has 0 atom stereocenters. The summed E-state index contributed by atoms with van der Waals surface area (Å²) in [5.74, 6) is -3.00. The maximum atomic E-state index is 13.5. The van der Waals surface area contributed by atoms with Crippen LogP contribution < -0.4 is 0 Å². The lowest BCUT2D eigenvalue weighted by atomic mass is 10.2. The van der Waals surface area contributed by atoms with Crippen LogP contribution in [0.25, 0.3) is 11.0 Å². The molecular formula is C17H12F2N2O2. The first kappa shape index (κ1) is 15.0. The van der Waals surface area contributed by atoms with Crippen LogP contribution in [-0.4, -0.2) is 15.9 Å². The van der Waals surface area contributed by atoms with Crippen molar-refractivity contribution in [1.82, 2.24) is 9.97 Å². The molecule has 0 aliphatic rings. The summed E-state index contributed by atoms with van der Waals surface area (Å²) in [4.78, 5) is 20.6. The Kier molecular flexibility index (Phi) is 3.97. The van der Waals surface area contributed by atoms with Gasteiger partial charge in [0.25, 0.3) is 0 Å². The molecule has 3 aromatic rings. The number of benzene rings is 2. The summed E-state index contributed by atoms with van der Waals surface area (Å²) >= 11 is 0. The average molecular weight is 314 g/mol. The lowest BCUT2D eigenvalue weighted by molar-refractivity contribution is 0.0456. The first-order valence-corrected chi connectivity index (χ1v) is 6.89. The second-order valence-electron chi connectivity index (χ2n) is 4.92. The highest BCUT2D eigenvalue weighted by atomic mass is 19.1. The Balaban J connectivity index is 1.83. The monoisotopic (exact) mass is 314 g/mol. The summed E-state index contributed by atoms with van der Waals surface area (Å²) in [5, 5.41) is 0. The van der Waals surface area contributed by atoms with Crippen LogP contribution in [0.1, 0.15) is 21.7 Å². The molecule has 0 unspecified atom stereocenters. The molecule has 0 fully saturated rings. The molecule has 0 aliphatic heterocycles. The van der Waals surface area contributed by atoms with Crippen LogP contribution in [0.5, 0.6) is 0 Å². The summed E-state index contributed by atoms with van der Waals surface area (Å²) in [6.07, 6.45) is 0. The van der Waals surface area contributed by atoms with Gasteiger partial charge in [-0.25, -0.2) is 23.5 Å². The fraction of sp³-hybridized carbons (Fsp3) is 0.118. The highest BCUT2D eigenvalue weighted by Crippen LogP contribution is 2.16. The zero-order chi connectivity index (χ0) is 16.4. The van der Waals surface area contributed by atoms with E-state index in [1.165, 1.54) is 6.07 Å². The molecule has 0 amide bonds. The number of fused-ring (bicyclic) bond motifs is 1. The lowest BCUT2D eigenvalue weighted by Gasteiger charge is -2.09. The number of halogens is 2. The van der Waals surface area contributed by atoms with Crippen molar-refractivity contribution in [2.45, 2.75) is 13.5 Å². The van der Waals surface area contributed by atoms with Gasteiger partial charge in [0.1, 0.15) is 23.8 Å². The van der Waals surface area contributed by atoms with Crippen molar-refractivity contribution in [3.05, 3.63) is 71.1 Å². The minimum absolute atomic E-state index is 0.212. The van der Waals surface area contributed by atoms with Crippen molar-refractivity contribution in [2.24, 2.45) is 0 Å². The van der Waals surface area contributed by atoms with Gasteiger partial charge in [0, 0.05) is 0 Å². The Bertz CT molecular complexity index is 877. The molecule has 2 aromatic carbocycles. The molecule has 116 valence electrons. The average Bonchev–Trinajstić information content (AvgIpc) is 2.52. The van der Waals surface area contributed by atoms with Crippen molar-refractivity contribution < 1.29 is 18.3 Å². The van der Waals surface area contributed by atoms with Gasteiger partial charge in [-0.1, -0.05) is 18.2 Å². The van der Waals surface area contributed by atoms with Crippen LogP contribution in [0.2, 0.25) is 0 Å². The zero-order valence-electron chi connectivity index (χ0n) is 12.2. The molecule has 0 saturated carbocycles. The lowest BCUT2D eigenvalue weighted by Crippen LogP contribution is -2.11. The first-order chi connectivity index (χ1) is 11.1. The predicted molar refractivity (Wildman–Crippen MR) is 79.8 cm³/mol. The summed E-state index contributed by atoms with van der Waals surface area (Å²) in [5.41, 5.74) is 1.69. The van der Waals surface area contributed by atoms with E-state index in [-0.39, 0.29) is 6.61 Å². The van der Waals surface area contributed by atoms with Crippen LogP contribution in [0.4, 0.5) is 8.78 Å². The SMILES string of the molecule is Cc1nc2ccccc2nc1COC(=O)c1c(F)cccc1F. The number of rotatable bonds is 3. The van der Waals surface area contributed by atoms with Gasteiger partial charge in [-0.15, -0.1) is 0 Å². The Hall–Kier alpha value is -2.89. The molecule has 0 radical (unpaired) electrons. The smallest absolute Gasteiger partial charge is 0.344 e. The number of hydrogen-bond acceptors (Lipinski definition) is 4. The van der Waals surface area contributed by atoms with Crippen molar-refractivity contribution in [2.75, 3.05) is 0 Å². The predicted octanol–water partition coefficient (Wildman–Crippen LogP) is 3.57. The molecule has 1 aromatic heterocycles. The Labute approximate surface area is 130 Å². The second kappa shape index (κ2) is 6.08. The summed E-state index contributed by atoms with van der Waals surface area (Å²) in [7, 11) is 0. The normalized spacial score (nSPS) is 10.7. The van der Waals surface area contributed by atoms with E-state index in [0.717, 1.165) is 17.6 Å². The molecule has 0 N–H and O–H groups in total. The third-order valence-electron chi connectivity index (χ3n) is 3.35. The number of ether oxygens (including phenoxy) is 1. The molecule has 0 bridgehead atoms. The second-order valence-corrected chi connectivity index (χ2v) is 4.92. The molecule has 3 rings (SSSR count). The topological polar surface area (TPSA) is 52.1 Å². The third kappa shape index (κ3) is 3.01. The molecule has 4 nitrogen and oxygen atoms in total. The fourth-order valence-electron chi connectivity index (χ4n) is 2.16. The van der Waals surface area contributed by atoms with E-state index in [1.807, 2.05) is 18.2 Å². The fourth-order valence-corrected chi connectivity index (χ4v) is 2.16. The van der Waals surface area contributed by atoms with Gasteiger partial charge in [0.05, 0.1) is 22.4 Å². The minimum atomic E-state index is -1.07. The van der Waals surface area contributed by atoms with Crippen LogP contribution in [-0.2, 0) is 11.3 Å². The number of esters is 1. The van der Waals surface area contributed by atoms with E-state index in [2.05, 4.69) is 9.97 Å². The first-order valence-electron chi connectivity index (χ1n) is 6.89. The van der Waals surface area contributed by atoms with Crippen LogP contribution in [0.15, 0.2) is 42.5 Å². The summed E-state index contributed by atoms with van der Waals surface area (Å²) < 4.78 is 32.1. The number of nitrogens with zero attached hydrogens (tertiary/aromatic N) is 2. The van der Waals surface area contributed by atoms with Gasteiger partial charge < -0.3 is 4.74 Å². The largest absolute Gasteiger partial charge is 0.455 e. The van der Waals surface area contributed by atoms with Crippen LogP contribution >= 0.6 is 0 Å². The molecule has 0 aliphatic carbocycles. The summed E-state index contributed by atoms with van der Waals surface area (Å²) in [6.45, 7) is 1.52. The maximum Gasteiger partial charge on any atom is 0.344 e. The number of carbonyl (C=O) groups excluding carboxylic acids is 1. The molecule has 6 heteroatoms. The molecular weight excluding hydrogens is 302 g/mol. The minimum Gasteiger partial charge on any atom is -0.455 e. The Morgan fingerprint density at radius 2 is 1.61 bits per heavy atom. The van der Waals surface area contributed by atoms with Gasteiger partial charge in [0.15, 0.2) is 0 Å². The highest BCUT2D eigenvalue weighted by Gasteiger charge is 2.19. The molecule has 0 spiro atoms. The summed E-state index contributed by atoms with van der Waals surface area (Å²) in [6, 6.07) is 10.4. The maximum absolute atomic E-state index is 13.5. The Morgan fingerprint density at radius 3 is 2.26 bits per heavy atom. The van der Waals surface area contributed by atoms with Gasteiger partial charge in [-0.05, 0) is 31.2 Å². The molecule has 0 saturated heterocycles. The standard InChI is InChI=1S/C17H12F2N2O2/c1-10-15(21-14-8-3-2-7-13(14)20-10)9-23-17(22)16-11(18)5-4-6-12(16)19/h2-8H,9H2,1H3. The number of aromatic nitrogens is 2. The van der Waals surface area contributed by atoms with Crippen molar-refractivity contribution in [1.29, 1.82) is 0 Å². The van der Waals surface area contributed by atoms with Crippen molar-refractivity contribution in [3.8, 4) is 0 Å². The van der Waals surface area contributed by atoms with Gasteiger partial charge in [-0.3, -0.25) is 0 Å². The van der Waals surface area contributed by atoms with Gasteiger partial charge in [-0.2, -0.15) is 0 Å². The number of hydrogen-bond donors (Lipinski definition) is 0. The number of para-hydroxylation sites is 2. The third-order valence-corrected chi connectivity index (χ3v) is 3.35. The molecule has 1 heterocycles. The van der Waals surface area contributed by atoms with E-state index < -0.39 is 23.2 Å². The zero-order valence-corrected chi connectivity index (χ0v) is 12.2. The van der Waals surface area contributed by atoms with Gasteiger partial charge in [0.2, 0.25) is 0 Å². The number of carbonyl (C=O) groups is 1. The van der Waals surface area contributed by atoms with Gasteiger partial charge >= 0.3 is 5.97 Å². The van der Waals surface area contributed by atoms with E-state index in [9.17, 15) is 13.6 Å². The molecule has 23 heavy (non-hydrogen) atoms. The van der Waals surface area contributed by atoms with E-state index in [4.69, 9.17) is 4.74 Å². The quantitative estimate of drug-likeness (QED) is 0.694. The van der Waals surface area contributed by atoms with E-state index >= 15 is 0 Å². The number of aryl methyl sites for hydroxylation is 1. The van der Waals surface area contributed by atoms with Crippen molar-refractivity contribution >= 4 is 17.0 Å². The highest BCUT2D eigenvalue weighted by molar-refractivity contribution is 5.90.